The molecule has 1 aliphatic heterocycles. The number of rotatable bonds is 6. The Balaban J connectivity index is 2.61. The summed E-state index contributed by atoms with van der Waals surface area (Å²) in [6.07, 6.45) is -0.336. The fraction of sp³-hybridized carbons (Fsp3) is 1.00. The fourth-order valence-corrected chi connectivity index (χ4v) is 2.95. The second-order valence-electron chi connectivity index (χ2n) is 5.72. The van der Waals surface area contributed by atoms with Gasteiger partial charge in [-0.25, -0.2) is 4.57 Å². The minimum absolute atomic E-state index is 0.0376. The fourth-order valence-electron chi connectivity index (χ4n) is 1.99. The van der Waals surface area contributed by atoms with E-state index in [0.717, 1.165) is 0 Å². The number of phosphoric ester groups is 1. The highest BCUT2D eigenvalue weighted by Crippen LogP contribution is 2.49. The van der Waals surface area contributed by atoms with Crippen molar-refractivity contribution >= 4 is 15.7 Å². The lowest BCUT2D eigenvalue weighted by molar-refractivity contribution is -0.0366. The van der Waals surface area contributed by atoms with Crippen LogP contribution in [0.25, 0.3) is 0 Å². The molecule has 1 saturated heterocycles. The molecule has 4 unspecified atom stereocenters. The van der Waals surface area contributed by atoms with Gasteiger partial charge >= 0.3 is 7.82 Å². The van der Waals surface area contributed by atoms with Gasteiger partial charge in [-0.3, -0.25) is 9.05 Å². The molecule has 0 saturated carbocycles. The summed E-state index contributed by atoms with van der Waals surface area (Å²) in [5, 5.41) is 8.60. The molecule has 1 heterocycles. The SMILES string of the molecule is [B]C1CC(OP(=O)(O)OCCCO)C(C(C)(C)C)O1. The maximum Gasteiger partial charge on any atom is 0.472 e. The smallest absolute Gasteiger partial charge is 0.396 e. The summed E-state index contributed by atoms with van der Waals surface area (Å²) in [6.45, 7) is 5.69. The molecule has 0 amide bonds. The number of ether oxygens (including phenoxy) is 1. The molecule has 8 heteroatoms. The van der Waals surface area contributed by atoms with Crippen molar-refractivity contribution in [2.75, 3.05) is 13.2 Å². The molecule has 0 spiro atoms. The van der Waals surface area contributed by atoms with Crippen LogP contribution in [0.3, 0.4) is 0 Å². The third kappa shape index (κ3) is 5.54. The lowest BCUT2D eigenvalue weighted by Crippen LogP contribution is -2.36. The Morgan fingerprint density at radius 2 is 2.11 bits per heavy atom. The summed E-state index contributed by atoms with van der Waals surface area (Å²) in [4.78, 5) is 9.60. The molecule has 0 bridgehead atoms. The normalized spacial score (nSPS) is 31.3. The first-order chi connectivity index (χ1) is 8.65. The van der Waals surface area contributed by atoms with E-state index in [0.29, 0.717) is 6.42 Å². The number of aliphatic hydroxyl groups excluding tert-OH is 1. The van der Waals surface area contributed by atoms with Crippen LogP contribution in [0.5, 0.6) is 0 Å². The largest absolute Gasteiger partial charge is 0.472 e. The van der Waals surface area contributed by atoms with Gasteiger partial charge in [0.25, 0.3) is 0 Å². The maximum atomic E-state index is 11.8. The third-order valence-electron chi connectivity index (χ3n) is 2.80. The van der Waals surface area contributed by atoms with Crippen molar-refractivity contribution in [3.05, 3.63) is 0 Å². The van der Waals surface area contributed by atoms with E-state index in [9.17, 15) is 9.46 Å². The lowest BCUT2D eigenvalue weighted by atomic mass is 9.85. The highest BCUT2D eigenvalue weighted by atomic mass is 31.2. The predicted octanol–water partition coefficient (Wildman–Crippen LogP) is 1.20. The highest BCUT2D eigenvalue weighted by Gasteiger charge is 2.44. The standard InChI is InChI=1S/C11H22BO6P/c1-11(2,3)10-8(7-9(12)17-10)18-19(14,15)16-6-4-5-13/h8-10,13H,4-7H2,1-3H3,(H,14,15). The van der Waals surface area contributed by atoms with Crippen molar-refractivity contribution in [2.45, 2.75) is 51.8 Å². The van der Waals surface area contributed by atoms with Gasteiger partial charge in [-0.05, 0) is 18.3 Å². The summed E-state index contributed by atoms with van der Waals surface area (Å²) < 4.78 is 27.2. The molecular weight excluding hydrogens is 270 g/mol. The monoisotopic (exact) mass is 292 g/mol. The Morgan fingerprint density at radius 3 is 2.63 bits per heavy atom. The van der Waals surface area contributed by atoms with Crippen LogP contribution in [-0.4, -0.2) is 49.3 Å². The maximum absolute atomic E-state index is 11.8. The summed E-state index contributed by atoms with van der Waals surface area (Å²) in [5.74, 6) is 0. The van der Waals surface area contributed by atoms with Crippen LogP contribution in [0.2, 0.25) is 0 Å². The van der Waals surface area contributed by atoms with E-state index in [1.807, 2.05) is 20.8 Å². The molecular formula is C11H22BO6P. The zero-order valence-electron chi connectivity index (χ0n) is 11.6. The van der Waals surface area contributed by atoms with Crippen molar-refractivity contribution in [1.29, 1.82) is 0 Å². The summed E-state index contributed by atoms with van der Waals surface area (Å²) in [5.41, 5.74) is -0.260. The van der Waals surface area contributed by atoms with Gasteiger partial charge in [-0.1, -0.05) is 20.8 Å². The van der Waals surface area contributed by atoms with Crippen LogP contribution in [-0.2, 0) is 18.3 Å². The molecule has 4 atom stereocenters. The van der Waals surface area contributed by atoms with Crippen molar-refractivity contribution in [2.24, 2.45) is 5.41 Å². The molecule has 2 N–H and O–H groups in total. The molecule has 1 aliphatic rings. The van der Waals surface area contributed by atoms with Gasteiger partial charge in [0, 0.05) is 12.6 Å². The van der Waals surface area contributed by atoms with Gasteiger partial charge in [-0.2, -0.15) is 0 Å². The minimum atomic E-state index is -4.15. The first-order valence-electron chi connectivity index (χ1n) is 6.33. The van der Waals surface area contributed by atoms with Crippen molar-refractivity contribution < 1.29 is 28.3 Å². The molecule has 6 nitrogen and oxygen atoms in total. The van der Waals surface area contributed by atoms with Crippen LogP contribution in [0.15, 0.2) is 0 Å². The van der Waals surface area contributed by atoms with E-state index in [4.69, 9.17) is 26.7 Å². The number of aliphatic hydroxyl groups is 1. The van der Waals surface area contributed by atoms with Crippen molar-refractivity contribution in [3.8, 4) is 0 Å². The Kier molecular flexibility index (Phi) is 6.05. The van der Waals surface area contributed by atoms with Gasteiger partial charge in [0.15, 0.2) is 0 Å². The first kappa shape index (κ1) is 17.1. The Bertz CT molecular complexity index is 332. The molecule has 1 fully saturated rings. The van der Waals surface area contributed by atoms with E-state index in [1.165, 1.54) is 0 Å². The summed E-state index contributed by atoms with van der Waals surface area (Å²) >= 11 is 0. The molecule has 0 aromatic heterocycles. The molecule has 2 radical (unpaired) electrons. The summed E-state index contributed by atoms with van der Waals surface area (Å²) in [6, 6.07) is -0.508. The van der Waals surface area contributed by atoms with Gasteiger partial charge in [0.2, 0.25) is 0 Å². The van der Waals surface area contributed by atoms with E-state index in [1.54, 1.807) is 0 Å². The lowest BCUT2D eigenvalue weighted by Gasteiger charge is -2.31. The molecule has 19 heavy (non-hydrogen) atoms. The second-order valence-corrected chi connectivity index (χ2v) is 7.13. The van der Waals surface area contributed by atoms with Crippen molar-refractivity contribution in [1.82, 2.24) is 0 Å². The number of hydrogen-bond acceptors (Lipinski definition) is 5. The highest BCUT2D eigenvalue weighted by molar-refractivity contribution is 7.47. The summed E-state index contributed by atoms with van der Waals surface area (Å²) in [7, 11) is 1.55. The van der Waals surface area contributed by atoms with E-state index in [-0.39, 0.29) is 31.2 Å². The first-order valence-corrected chi connectivity index (χ1v) is 7.83. The van der Waals surface area contributed by atoms with E-state index in [2.05, 4.69) is 0 Å². The third-order valence-corrected chi connectivity index (χ3v) is 3.85. The van der Waals surface area contributed by atoms with E-state index < -0.39 is 19.9 Å². The molecule has 0 aliphatic carbocycles. The Morgan fingerprint density at radius 1 is 1.47 bits per heavy atom. The van der Waals surface area contributed by atoms with Gasteiger partial charge in [-0.15, -0.1) is 0 Å². The van der Waals surface area contributed by atoms with Crippen LogP contribution >= 0.6 is 7.82 Å². The zero-order chi connectivity index (χ0) is 14.7. The van der Waals surface area contributed by atoms with Crippen LogP contribution in [0.1, 0.15) is 33.6 Å². The quantitative estimate of drug-likeness (QED) is 0.435. The Hall–Kier alpha value is 0.0949. The topological polar surface area (TPSA) is 85.2 Å². The molecule has 110 valence electrons. The average molecular weight is 292 g/mol. The minimum Gasteiger partial charge on any atom is -0.396 e. The second kappa shape index (κ2) is 6.70. The average Bonchev–Trinajstić information content (AvgIpc) is 2.58. The van der Waals surface area contributed by atoms with Crippen LogP contribution < -0.4 is 0 Å². The molecule has 0 aromatic rings. The number of hydrogen-bond donors (Lipinski definition) is 2. The van der Waals surface area contributed by atoms with Gasteiger partial charge in [0.1, 0.15) is 7.85 Å². The zero-order valence-corrected chi connectivity index (χ0v) is 12.5. The van der Waals surface area contributed by atoms with Crippen LogP contribution in [0, 0.1) is 5.41 Å². The predicted molar refractivity (Wildman–Crippen MR) is 70.8 cm³/mol. The van der Waals surface area contributed by atoms with Crippen molar-refractivity contribution in [3.63, 3.8) is 0 Å². The molecule has 0 aromatic carbocycles. The molecule has 1 rings (SSSR count). The van der Waals surface area contributed by atoms with Gasteiger partial charge < -0.3 is 14.7 Å². The van der Waals surface area contributed by atoms with Gasteiger partial charge in [0.05, 0.1) is 18.8 Å². The van der Waals surface area contributed by atoms with Crippen LogP contribution in [0.4, 0.5) is 0 Å². The van der Waals surface area contributed by atoms with E-state index >= 15 is 0 Å². The number of phosphoric acid groups is 1. The Labute approximate surface area is 115 Å².